The molecule has 0 aromatic carbocycles. The van der Waals surface area contributed by atoms with E-state index >= 15 is 0 Å². The summed E-state index contributed by atoms with van der Waals surface area (Å²) < 4.78 is 4.91. The number of carbonyl (C=O) groups is 1. The number of hydrogen-bond donors (Lipinski definition) is 1. The molecule has 0 aliphatic rings. The third kappa shape index (κ3) is 2.92. The lowest BCUT2D eigenvalue weighted by Crippen LogP contribution is -2.15. The molecule has 1 heterocycles. The smallest absolute Gasteiger partial charge is 0.341 e. The molecule has 16 heavy (non-hydrogen) atoms. The van der Waals surface area contributed by atoms with E-state index < -0.39 is 5.97 Å². The lowest BCUT2D eigenvalue weighted by Gasteiger charge is -2.19. The number of carboxylic acids is 1. The van der Waals surface area contributed by atoms with Crippen molar-refractivity contribution in [3.8, 4) is 5.88 Å². The second kappa shape index (κ2) is 4.47. The summed E-state index contributed by atoms with van der Waals surface area (Å²) in [7, 11) is 1.39. The minimum Gasteiger partial charge on any atom is -0.479 e. The van der Waals surface area contributed by atoms with Crippen LogP contribution in [0.25, 0.3) is 0 Å². The van der Waals surface area contributed by atoms with E-state index in [1.807, 2.05) is 20.8 Å². The Morgan fingerprint density at radius 2 is 2.12 bits per heavy atom. The molecule has 0 bridgehead atoms. The average Bonchev–Trinajstić information content (AvgIpc) is 2.14. The standard InChI is InChI=1S/C11H16N2O3/c1-11(2,3)5-7-6-12-13-9(16-4)8(7)10(14)15/h6H,5H2,1-4H3,(H,14,15). The Labute approximate surface area is 94.5 Å². The Hall–Kier alpha value is -1.65. The Morgan fingerprint density at radius 1 is 1.50 bits per heavy atom. The molecule has 1 aromatic heterocycles. The van der Waals surface area contributed by atoms with Crippen molar-refractivity contribution in [1.29, 1.82) is 0 Å². The van der Waals surface area contributed by atoms with Gasteiger partial charge in [-0.2, -0.15) is 5.10 Å². The molecule has 1 aromatic rings. The van der Waals surface area contributed by atoms with Gasteiger partial charge >= 0.3 is 5.97 Å². The van der Waals surface area contributed by atoms with Crippen LogP contribution < -0.4 is 4.74 Å². The zero-order chi connectivity index (χ0) is 12.3. The number of aromatic nitrogens is 2. The summed E-state index contributed by atoms with van der Waals surface area (Å²) in [6.07, 6.45) is 2.09. The van der Waals surface area contributed by atoms with Gasteiger partial charge in [0.1, 0.15) is 5.56 Å². The van der Waals surface area contributed by atoms with Gasteiger partial charge < -0.3 is 9.84 Å². The largest absolute Gasteiger partial charge is 0.479 e. The minimum atomic E-state index is -1.04. The van der Waals surface area contributed by atoms with Crippen LogP contribution in [0.15, 0.2) is 6.20 Å². The van der Waals surface area contributed by atoms with Crippen molar-refractivity contribution in [2.75, 3.05) is 7.11 Å². The molecule has 0 aliphatic carbocycles. The van der Waals surface area contributed by atoms with Crippen LogP contribution in [0.4, 0.5) is 0 Å². The molecule has 0 saturated carbocycles. The molecule has 0 aliphatic heterocycles. The Kier molecular flexibility index (Phi) is 3.47. The van der Waals surface area contributed by atoms with Gasteiger partial charge in [0.2, 0.25) is 5.88 Å². The highest BCUT2D eigenvalue weighted by Crippen LogP contribution is 2.26. The van der Waals surface area contributed by atoms with Crippen molar-refractivity contribution in [3.05, 3.63) is 17.3 Å². The number of ether oxygens (including phenoxy) is 1. The molecule has 5 nitrogen and oxygen atoms in total. The number of methoxy groups -OCH3 is 1. The summed E-state index contributed by atoms with van der Waals surface area (Å²) in [5.74, 6) is -0.972. The summed E-state index contributed by atoms with van der Waals surface area (Å²) >= 11 is 0. The SMILES string of the molecule is COc1nncc(CC(C)(C)C)c1C(=O)O. The Morgan fingerprint density at radius 3 is 2.56 bits per heavy atom. The van der Waals surface area contributed by atoms with E-state index in [1.165, 1.54) is 13.3 Å². The van der Waals surface area contributed by atoms with Gasteiger partial charge in [0.25, 0.3) is 0 Å². The normalized spacial score (nSPS) is 11.2. The van der Waals surface area contributed by atoms with Gasteiger partial charge in [0, 0.05) is 0 Å². The maximum absolute atomic E-state index is 11.1. The van der Waals surface area contributed by atoms with E-state index in [0.29, 0.717) is 12.0 Å². The van der Waals surface area contributed by atoms with Crippen LogP contribution in [-0.2, 0) is 6.42 Å². The summed E-state index contributed by atoms with van der Waals surface area (Å²) in [5.41, 5.74) is 0.734. The zero-order valence-electron chi connectivity index (χ0n) is 9.94. The van der Waals surface area contributed by atoms with Crippen molar-refractivity contribution in [1.82, 2.24) is 10.2 Å². The van der Waals surface area contributed by atoms with Crippen LogP contribution >= 0.6 is 0 Å². The average molecular weight is 224 g/mol. The lowest BCUT2D eigenvalue weighted by molar-refractivity contribution is 0.0690. The topological polar surface area (TPSA) is 72.3 Å². The Bertz CT molecular complexity index is 397. The highest BCUT2D eigenvalue weighted by molar-refractivity contribution is 5.91. The minimum absolute atomic E-state index is 0.0156. The molecule has 1 rings (SSSR count). The van der Waals surface area contributed by atoms with Gasteiger partial charge in [-0.1, -0.05) is 20.8 Å². The fraction of sp³-hybridized carbons (Fsp3) is 0.545. The molecule has 88 valence electrons. The summed E-state index contributed by atoms with van der Waals surface area (Å²) in [6.45, 7) is 6.10. The number of carboxylic acid groups (broad SMARTS) is 1. The Balaban J connectivity index is 3.22. The van der Waals surface area contributed by atoms with Crippen LogP contribution in [0.2, 0.25) is 0 Å². The van der Waals surface area contributed by atoms with Gasteiger partial charge in [-0.3, -0.25) is 0 Å². The molecular formula is C11H16N2O3. The summed E-state index contributed by atoms with van der Waals surface area (Å²) in [5, 5.41) is 16.5. The monoisotopic (exact) mass is 224 g/mol. The second-order valence-electron chi connectivity index (χ2n) is 4.80. The van der Waals surface area contributed by atoms with Gasteiger partial charge in [-0.15, -0.1) is 5.10 Å². The molecule has 5 heteroatoms. The van der Waals surface area contributed by atoms with Crippen LogP contribution in [-0.4, -0.2) is 28.4 Å². The fourth-order valence-electron chi connectivity index (χ4n) is 1.48. The molecule has 0 unspecified atom stereocenters. The number of hydrogen-bond acceptors (Lipinski definition) is 4. The van der Waals surface area contributed by atoms with Crippen LogP contribution in [0, 0.1) is 5.41 Å². The first-order valence-electron chi connectivity index (χ1n) is 4.97. The van der Waals surface area contributed by atoms with Gasteiger partial charge in [0.05, 0.1) is 13.3 Å². The van der Waals surface area contributed by atoms with E-state index in [2.05, 4.69) is 10.2 Å². The van der Waals surface area contributed by atoms with E-state index in [-0.39, 0.29) is 16.9 Å². The maximum atomic E-state index is 11.1. The van der Waals surface area contributed by atoms with Crippen molar-refractivity contribution < 1.29 is 14.6 Å². The molecule has 0 radical (unpaired) electrons. The van der Waals surface area contributed by atoms with Crippen LogP contribution in [0.3, 0.4) is 0 Å². The highest BCUT2D eigenvalue weighted by atomic mass is 16.5. The van der Waals surface area contributed by atoms with Gasteiger partial charge in [-0.25, -0.2) is 4.79 Å². The van der Waals surface area contributed by atoms with E-state index in [0.717, 1.165) is 0 Å². The number of aromatic carboxylic acids is 1. The fourth-order valence-corrected chi connectivity index (χ4v) is 1.48. The maximum Gasteiger partial charge on any atom is 0.341 e. The van der Waals surface area contributed by atoms with Gasteiger partial charge in [-0.05, 0) is 17.4 Å². The molecule has 0 saturated heterocycles. The van der Waals surface area contributed by atoms with E-state index in [4.69, 9.17) is 9.84 Å². The van der Waals surface area contributed by atoms with Crippen LogP contribution in [0.1, 0.15) is 36.7 Å². The van der Waals surface area contributed by atoms with E-state index in [9.17, 15) is 4.79 Å². The molecular weight excluding hydrogens is 208 g/mol. The molecule has 0 fully saturated rings. The molecule has 0 amide bonds. The first-order chi connectivity index (χ1) is 7.35. The first-order valence-corrected chi connectivity index (χ1v) is 4.97. The quantitative estimate of drug-likeness (QED) is 0.847. The molecule has 0 atom stereocenters. The van der Waals surface area contributed by atoms with Crippen LogP contribution in [0.5, 0.6) is 5.88 Å². The highest BCUT2D eigenvalue weighted by Gasteiger charge is 2.22. The zero-order valence-corrected chi connectivity index (χ0v) is 9.94. The van der Waals surface area contributed by atoms with E-state index in [1.54, 1.807) is 0 Å². The molecule has 1 N–H and O–H groups in total. The predicted octanol–water partition coefficient (Wildman–Crippen LogP) is 1.77. The predicted molar refractivity (Wildman–Crippen MR) is 58.7 cm³/mol. The molecule has 0 spiro atoms. The van der Waals surface area contributed by atoms with Crippen molar-refractivity contribution in [2.45, 2.75) is 27.2 Å². The third-order valence-corrected chi connectivity index (χ3v) is 2.03. The van der Waals surface area contributed by atoms with Crippen molar-refractivity contribution in [3.63, 3.8) is 0 Å². The second-order valence-corrected chi connectivity index (χ2v) is 4.80. The summed E-state index contributed by atoms with van der Waals surface area (Å²) in [6, 6.07) is 0. The number of rotatable bonds is 3. The van der Waals surface area contributed by atoms with Crippen molar-refractivity contribution in [2.24, 2.45) is 5.41 Å². The lowest BCUT2D eigenvalue weighted by atomic mass is 9.87. The first kappa shape index (κ1) is 12.4. The third-order valence-electron chi connectivity index (χ3n) is 2.03. The van der Waals surface area contributed by atoms with Crippen molar-refractivity contribution >= 4 is 5.97 Å². The van der Waals surface area contributed by atoms with Gasteiger partial charge in [0.15, 0.2) is 0 Å². The number of nitrogens with zero attached hydrogens (tertiary/aromatic N) is 2. The summed E-state index contributed by atoms with van der Waals surface area (Å²) in [4.78, 5) is 11.1.